The van der Waals surface area contributed by atoms with Gasteiger partial charge in [0.05, 0.1) is 5.92 Å². The first-order valence-electron chi connectivity index (χ1n) is 6.08. The molecule has 0 radical (unpaired) electrons. The summed E-state index contributed by atoms with van der Waals surface area (Å²) >= 11 is 0. The number of hydrogen-bond donors (Lipinski definition) is 1. The van der Waals surface area contributed by atoms with E-state index in [4.69, 9.17) is 5.11 Å². The van der Waals surface area contributed by atoms with Gasteiger partial charge in [0.2, 0.25) is 0 Å². The van der Waals surface area contributed by atoms with E-state index in [1.165, 1.54) is 0 Å². The first-order valence-corrected chi connectivity index (χ1v) is 6.08. The lowest BCUT2D eigenvalue weighted by atomic mass is 9.86. The van der Waals surface area contributed by atoms with Crippen molar-refractivity contribution in [3.63, 3.8) is 0 Å². The van der Waals surface area contributed by atoms with Crippen LogP contribution in [0.15, 0.2) is 24.3 Å². The molecule has 0 fully saturated rings. The van der Waals surface area contributed by atoms with Gasteiger partial charge in [-0.3, -0.25) is 9.59 Å². The Hall–Kier alpha value is -1.64. The molecule has 0 aliphatic heterocycles. The van der Waals surface area contributed by atoms with Crippen LogP contribution in [0.5, 0.6) is 0 Å². The normalized spacial score (nSPS) is 13.1. The molecule has 1 aromatic carbocycles. The van der Waals surface area contributed by atoms with Gasteiger partial charge in [-0.2, -0.15) is 0 Å². The van der Waals surface area contributed by atoms with Crippen molar-refractivity contribution in [1.29, 1.82) is 0 Å². The average molecular weight is 248 g/mol. The van der Waals surface area contributed by atoms with Crippen LogP contribution in [-0.4, -0.2) is 16.9 Å². The van der Waals surface area contributed by atoms with Crippen molar-refractivity contribution in [2.24, 2.45) is 5.92 Å². The molecule has 1 N–H and O–H groups in total. The second-order valence-electron chi connectivity index (χ2n) is 5.69. The highest BCUT2D eigenvalue weighted by molar-refractivity contribution is 5.97. The Morgan fingerprint density at radius 1 is 1.17 bits per heavy atom. The molecule has 3 heteroatoms. The minimum Gasteiger partial charge on any atom is -0.481 e. The number of carboxylic acids is 1. The number of benzene rings is 1. The Labute approximate surface area is 108 Å². The molecule has 0 aliphatic carbocycles. The van der Waals surface area contributed by atoms with Gasteiger partial charge in [-0.05, 0) is 11.0 Å². The number of hydrogen-bond acceptors (Lipinski definition) is 2. The van der Waals surface area contributed by atoms with Gasteiger partial charge in [-0.1, -0.05) is 52.0 Å². The summed E-state index contributed by atoms with van der Waals surface area (Å²) in [6.07, 6.45) is 0.0458. The molecule has 0 bridgehead atoms. The maximum Gasteiger partial charge on any atom is 0.306 e. The zero-order valence-corrected chi connectivity index (χ0v) is 11.4. The van der Waals surface area contributed by atoms with E-state index >= 15 is 0 Å². The highest BCUT2D eigenvalue weighted by Gasteiger charge is 2.18. The van der Waals surface area contributed by atoms with Gasteiger partial charge < -0.3 is 5.11 Å². The van der Waals surface area contributed by atoms with E-state index in [9.17, 15) is 9.59 Å². The van der Waals surface area contributed by atoms with E-state index in [2.05, 4.69) is 20.8 Å². The van der Waals surface area contributed by atoms with E-state index in [1.807, 2.05) is 12.1 Å². The molecule has 0 aliphatic rings. The predicted octanol–water partition coefficient (Wildman–Crippen LogP) is 3.28. The number of carbonyl (C=O) groups excluding carboxylic acids is 1. The van der Waals surface area contributed by atoms with Crippen molar-refractivity contribution in [3.05, 3.63) is 35.4 Å². The van der Waals surface area contributed by atoms with Gasteiger partial charge >= 0.3 is 5.97 Å². The fourth-order valence-corrected chi connectivity index (χ4v) is 1.64. The number of aliphatic carboxylic acids is 1. The zero-order chi connectivity index (χ0) is 13.9. The van der Waals surface area contributed by atoms with Crippen LogP contribution in [0, 0.1) is 5.92 Å². The summed E-state index contributed by atoms with van der Waals surface area (Å²) in [6.45, 7) is 7.87. The second-order valence-corrected chi connectivity index (χ2v) is 5.69. The fourth-order valence-electron chi connectivity index (χ4n) is 1.64. The van der Waals surface area contributed by atoms with Crippen molar-refractivity contribution in [2.75, 3.05) is 0 Å². The molecule has 1 unspecified atom stereocenters. The topological polar surface area (TPSA) is 54.4 Å². The molecule has 0 spiro atoms. The maximum absolute atomic E-state index is 11.9. The quantitative estimate of drug-likeness (QED) is 0.832. The van der Waals surface area contributed by atoms with E-state index in [-0.39, 0.29) is 17.6 Å². The molecule has 18 heavy (non-hydrogen) atoms. The van der Waals surface area contributed by atoms with E-state index < -0.39 is 11.9 Å². The van der Waals surface area contributed by atoms with E-state index in [0.717, 1.165) is 5.56 Å². The van der Waals surface area contributed by atoms with Gasteiger partial charge in [0, 0.05) is 12.0 Å². The van der Waals surface area contributed by atoms with Gasteiger partial charge in [-0.25, -0.2) is 0 Å². The summed E-state index contributed by atoms with van der Waals surface area (Å²) in [5, 5.41) is 8.78. The van der Waals surface area contributed by atoms with Gasteiger partial charge in [-0.15, -0.1) is 0 Å². The maximum atomic E-state index is 11.9. The Balaban J connectivity index is 2.80. The third-order valence-electron chi connectivity index (χ3n) is 2.99. The number of carboxylic acid groups (broad SMARTS) is 1. The molecule has 3 nitrogen and oxygen atoms in total. The second kappa shape index (κ2) is 5.34. The van der Waals surface area contributed by atoms with Crippen LogP contribution in [-0.2, 0) is 10.2 Å². The number of ketones is 1. The predicted molar refractivity (Wildman–Crippen MR) is 70.9 cm³/mol. The zero-order valence-electron chi connectivity index (χ0n) is 11.4. The SMILES string of the molecule is CC(CC(=O)c1ccc(C(C)(C)C)cc1)C(=O)O. The van der Waals surface area contributed by atoms with Crippen LogP contribution in [0.25, 0.3) is 0 Å². The summed E-state index contributed by atoms with van der Waals surface area (Å²) in [7, 11) is 0. The van der Waals surface area contributed by atoms with Crippen molar-refractivity contribution in [3.8, 4) is 0 Å². The van der Waals surface area contributed by atoms with Gasteiger partial charge in [0.25, 0.3) is 0 Å². The van der Waals surface area contributed by atoms with Gasteiger partial charge in [0.1, 0.15) is 0 Å². The number of rotatable bonds is 4. The Kier molecular flexibility index (Phi) is 4.28. The Morgan fingerprint density at radius 2 is 1.67 bits per heavy atom. The van der Waals surface area contributed by atoms with Crippen molar-refractivity contribution in [2.45, 2.75) is 39.5 Å². The van der Waals surface area contributed by atoms with Crippen LogP contribution in [0.2, 0.25) is 0 Å². The summed E-state index contributed by atoms with van der Waals surface area (Å²) in [5.41, 5.74) is 1.79. The third kappa shape index (κ3) is 3.69. The van der Waals surface area contributed by atoms with Crippen LogP contribution in [0.4, 0.5) is 0 Å². The molecule has 0 saturated carbocycles. The molecule has 1 atom stereocenters. The molecular weight excluding hydrogens is 228 g/mol. The standard InChI is InChI=1S/C15H20O3/c1-10(14(17)18)9-13(16)11-5-7-12(8-6-11)15(2,3)4/h5-8,10H,9H2,1-4H3,(H,17,18). The lowest BCUT2D eigenvalue weighted by molar-refractivity contribution is -0.141. The molecule has 98 valence electrons. The average Bonchev–Trinajstić information content (AvgIpc) is 2.27. The van der Waals surface area contributed by atoms with Crippen LogP contribution < -0.4 is 0 Å². The fraction of sp³-hybridized carbons (Fsp3) is 0.467. The molecule has 0 saturated heterocycles. The molecule has 0 heterocycles. The summed E-state index contributed by atoms with van der Waals surface area (Å²) < 4.78 is 0. The van der Waals surface area contributed by atoms with Crippen molar-refractivity contribution < 1.29 is 14.7 Å². The third-order valence-corrected chi connectivity index (χ3v) is 2.99. The largest absolute Gasteiger partial charge is 0.481 e. The first-order chi connectivity index (χ1) is 8.21. The molecular formula is C15H20O3. The minimum absolute atomic E-state index is 0.0458. The lowest BCUT2D eigenvalue weighted by Gasteiger charge is -2.19. The minimum atomic E-state index is -0.935. The van der Waals surface area contributed by atoms with Crippen LogP contribution >= 0.6 is 0 Å². The Bertz CT molecular complexity index is 438. The van der Waals surface area contributed by atoms with E-state index in [0.29, 0.717) is 5.56 Å². The van der Waals surface area contributed by atoms with Crippen LogP contribution in [0.1, 0.15) is 50.0 Å². The van der Waals surface area contributed by atoms with Crippen LogP contribution in [0.3, 0.4) is 0 Å². The monoisotopic (exact) mass is 248 g/mol. The lowest BCUT2D eigenvalue weighted by Crippen LogP contribution is -2.15. The number of Topliss-reactive ketones (excluding diaryl/α,β-unsaturated/α-hetero) is 1. The summed E-state index contributed by atoms with van der Waals surface area (Å²) in [5.74, 6) is -1.69. The molecule has 1 aromatic rings. The highest BCUT2D eigenvalue weighted by atomic mass is 16.4. The molecule has 0 aromatic heterocycles. The van der Waals surface area contributed by atoms with Gasteiger partial charge in [0.15, 0.2) is 5.78 Å². The Morgan fingerprint density at radius 3 is 2.06 bits per heavy atom. The first kappa shape index (κ1) is 14.4. The number of carbonyl (C=O) groups is 2. The molecule has 0 amide bonds. The highest BCUT2D eigenvalue weighted by Crippen LogP contribution is 2.22. The summed E-state index contributed by atoms with van der Waals surface area (Å²) in [6, 6.07) is 7.41. The summed E-state index contributed by atoms with van der Waals surface area (Å²) in [4.78, 5) is 22.6. The molecule has 1 rings (SSSR count). The van der Waals surface area contributed by atoms with Crippen molar-refractivity contribution in [1.82, 2.24) is 0 Å². The van der Waals surface area contributed by atoms with Crippen molar-refractivity contribution >= 4 is 11.8 Å². The smallest absolute Gasteiger partial charge is 0.306 e. The van der Waals surface area contributed by atoms with E-state index in [1.54, 1.807) is 19.1 Å².